The highest BCUT2D eigenvalue weighted by Gasteiger charge is 2.30. The molecule has 2 nitrogen and oxygen atoms in total. The number of carbonyl (C=O) groups is 1. The molecule has 0 saturated heterocycles. The van der Waals surface area contributed by atoms with E-state index in [0.717, 1.165) is 12.8 Å². The van der Waals surface area contributed by atoms with E-state index in [2.05, 4.69) is 21.2 Å². The second-order valence-corrected chi connectivity index (χ2v) is 4.69. The van der Waals surface area contributed by atoms with Crippen LogP contribution in [0.4, 0.5) is 0 Å². The highest BCUT2D eigenvalue weighted by molar-refractivity contribution is 9.09. The fourth-order valence-electron chi connectivity index (χ4n) is 0.803. The van der Waals surface area contributed by atoms with Gasteiger partial charge in [-0.25, -0.2) is 0 Å². The average molecular weight is 220 g/mol. The van der Waals surface area contributed by atoms with E-state index >= 15 is 0 Å². The van der Waals surface area contributed by atoms with E-state index in [1.54, 1.807) is 0 Å². The molecule has 2 atom stereocenters. The summed E-state index contributed by atoms with van der Waals surface area (Å²) in [5.41, 5.74) is 0. The molecule has 1 aliphatic carbocycles. The van der Waals surface area contributed by atoms with Crippen LogP contribution >= 0.6 is 15.9 Å². The maximum absolute atomic E-state index is 11.2. The fourth-order valence-corrected chi connectivity index (χ4v) is 0.935. The van der Waals surface area contributed by atoms with Crippen LogP contribution in [-0.2, 0) is 4.79 Å². The van der Waals surface area contributed by atoms with E-state index in [9.17, 15) is 4.79 Å². The summed E-state index contributed by atoms with van der Waals surface area (Å²) < 4.78 is 0. The average Bonchev–Trinajstić information content (AvgIpc) is 2.67. The molecule has 1 saturated carbocycles. The largest absolute Gasteiger partial charge is 0.352 e. The highest BCUT2D eigenvalue weighted by Crippen LogP contribution is 2.29. The first-order valence-electron chi connectivity index (χ1n) is 4.05. The van der Waals surface area contributed by atoms with Gasteiger partial charge in [-0.1, -0.05) is 22.9 Å². The molecule has 3 heteroatoms. The van der Waals surface area contributed by atoms with Gasteiger partial charge in [0.25, 0.3) is 0 Å². The van der Waals surface area contributed by atoms with Crippen LogP contribution in [0.3, 0.4) is 0 Å². The molecule has 0 aromatic rings. The summed E-state index contributed by atoms with van der Waals surface area (Å²) in [5.74, 6) is 0.549. The molecule has 0 aliphatic heterocycles. The van der Waals surface area contributed by atoms with Gasteiger partial charge in [0.15, 0.2) is 0 Å². The SMILES string of the molecule is CC(Br)C(C)NC(=O)C1CC1. The Morgan fingerprint density at radius 1 is 1.55 bits per heavy atom. The molecule has 0 spiro atoms. The van der Waals surface area contributed by atoms with Gasteiger partial charge in [0.2, 0.25) is 5.91 Å². The van der Waals surface area contributed by atoms with Crippen molar-refractivity contribution < 1.29 is 4.79 Å². The Hall–Kier alpha value is -0.0500. The van der Waals surface area contributed by atoms with Gasteiger partial charge in [0, 0.05) is 16.8 Å². The second-order valence-electron chi connectivity index (χ2n) is 3.25. The van der Waals surface area contributed by atoms with E-state index < -0.39 is 0 Å². The second kappa shape index (κ2) is 3.57. The van der Waals surface area contributed by atoms with Crippen molar-refractivity contribution in [2.75, 3.05) is 0 Å². The van der Waals surface area contributed by atoms with E-state index in [4.69, 9.17) is 0 Å². The lowest BCUT2D eigenvalue weighted by atomic mass is 10.2. The van der Waals surface area contributed by atoms with Crippen LogP contribution in [0.2, 0.25) is 0 Å². The van der Waals surface area contributed by atoms with Gasteiger partial charge in [0.05, 0.1) is 0 Å². The Bertz CT molecular complexity index is 154. The monoisotopic (exact) mass is 219 g/mol. The number of carbonyl (C=O) groups excluding carboxylic acids is 1. The van der Waals surface area contributed by atoms with Crippen LogP contribution < -0.4 is 5.32 Å². The Labute approximate surface area is 75.9 Å². The van der Waals surface area contributed by atoms with Crippen molar-refractivity contribution in [2.24, 2.45) is 5.92 Å². The van der Waals surface area contributed by atoms with Crippen LogP contribution in [-0.4, -0.2) is 16.8 Å². The smallest absolute Gasteiger partial charge is 0.223 e. The topological polar surface area (TPSA) is 29.1 Å². The lowest BCUT2D eigenvalue weighted by Gasteiger charge is -2.15. The van der Waals surface area contributed by atoms with Crippen molar-refractivity contribution in [3.63, 3.8) is 0 Å². The Balaban J connectivity index is 2.23. The van der Waals surface area contributed by atoms with E-state index in [0.29, 0.717) is 10.7 Å². The maximum Gasteiger partial charge on any atom is 0.223 e. The summed E-state index contributed by atoms with van der Waals surface area (Å²) in [5, 5.41) is 2.96. The minimum Gasteiger partial charge on any atom is -0.352 e. The van der Waals surface area contributed by atoms with Crippen LogP contribution in [0.1, 0.15) is 26.7 Å². The quantitative estimate of drug-likeness (QED) is 0.720. The van der Waals surface area contributed by atoms with Crippen molar-refractivity contribution in [2.45, 2.75) is 37.6 Å². The molecule has 1 fully saturated rings. The Morgan fingerprint density at radius 2 is 2.09 bits per heavy atom. The van der Waals surface area contributed by atoms with Crippen molar-refractivity contribution in [1.82, 2.24) is 5.32 Å². The first-order valence-corrected chi connectivity index (χ1v) is 4.97. The van der Waals surface area contributed by atoms with Crippen LogP contribution in [0, 0.1) is 5.92 Å². The fraction of sp³-hybridized carbons (Fsp3) is 0.875. The van der Waals surface area contributed by atoms with Crippen LogP contribution in [0.15, 0.2) is 0 Å². The molecule has 0 aromatic heterocycles. The zero-order chi connectivity index (χ0) is 8.43. The van der Waals surface area contributed by atoms with Gasteiger partial charge in [-0.2, -0.15) is 0 Å². The van der Waals surface area contributed by atoms with Gasteiger partial charge in [-0.3, -0.25) is 4.79 Å². The number of alkyl halides is 1. The standard InChI is InChI=1S/C8H14BrNO/c1-5(9)6(2)10-8(11)7-3-4-7/h5-7H,3-4H2,1-2H3,(H,10,11). The van der Waals surface area contributed by atoms with Gasteiger partial charge in [-0.15, -0.1) is 0 Å². The molecule has 2 unspecified atom stereocenters. The maximum atomic E-state index is 11.2. The molecule has 0 bridgehead atoms. The molecule has 1 amide bonds. The van der Waals surface area contributed by atoms with Crippen LogP contribution in [0.25, 0.3) is 0 Å². The van der Waals surface area contributed by atoms with Gasteiger partial charge in [-0.05, 0) is 19.8 Å². The number of rotatable bonds is 3. The molecule has 1 N–H and O–H groups in total. The molecular formula is C8H14BrNO. The number of hydrogen-bond acceptors (Lipinski definition) is 1. The van der Waals surface area contributed by atoms with Crippen LogP contribution in [0.5, 0.6) is 0 Å². The summed E-state index contributed by atoms with van der Waals surface area (Å²) in [6, 6.07) is 0.239. The van der Waals surface area contributed by atoms with Crippen molar-refractivity contribution >= 4 is 21.8 Å². The molecule has 64 valence electrons. The third-order valence-corrected chi connectivity index (χ3v) is 2.80. The highest BCUT2D eigenvalue weighted by atomic mass is 79.9. The molecule has 0 aromatic carbocycles. The molecule has 1 rings (SSSR count). The molecule has 1 aliphatic rings. The summed E-state index contributed by atoms with van der Waals surface area (Å²) in [6.07, 6.45) is 2.16. The third-order valence-electron chi connectivity index (χ3n) is 2.01. The summed E-state index contributed by atoms with van der Waals surface area (Å²) in [7, 11) is 0. The first kappa shape index (κ1) is 9.04. The number of amides is 1. The van der Waals surface area contributed by atoms with Gasteiger partial charge in [0.1, 0.15) is 0 Å². The summed E-state index contributed by atoms with van der Waals surface area (Å²) >= 11 is 3.42. The lowest BCUT2D eigenvalue weighted by molar-refractivity contribution is -0.122. The van der Waals surface area contributed by atoms with Crippen molar-refractivity contribution in [3.8, 4) is 0 Å². The minimum atomic E-state index is 0.226. The zero-order valence-electron chi connectivity index (χ0n) is 6.93. The first-order chi connectivity index (χ1) is 5.11. The summed E-state index contributed by atoms with van der Waals surface area (Å²) in [6.45, 7) is 4.05. The number of hydrogen-bond donors (Lipinski definition) is 1. The number of halogens is 1. The van der Waals surface area contributed by atoms with E-state index in [1.807, 2.05) is 13.8 Å². The van der Waals surface area contributed by atoms with Crippen molar-refractivity contribution in [1.29, 1.82) is 0 Å². The van der Waals surface area contributed by atoms with Crippen molar-refractivity contribution in [3.05, 3.63) is 0 Å². The normalized spacial score (nSPS) is 22.5. The molecule has 11 heavy (non-hydrogen) atoms. The summed E-state index contributed by atoms with van der Waals surface area (Å²) in [4.78, 5) is 11.5. The predicted molar refractivity (Wildman–Crippen MR) is 48.7 cm³/mol. The lowest BCUT2D eigenvalue weighted by Crippen LogP contribution is -2.38. The third kappa shape index (κ3) is 2.81. The van der Waals surface area contributed by atoms with Gasteiger partial charge < -0.3 is 5.32 Å². The zero-order valence-corrected chi connectivity index (χ0v) is 8.52. The molecule has 0 heterocycles. The Kier molecular flexibility index (Phi) is 2.93. The predicted octanol–water partition coefficient (Wildman–Crippen LogP) is 1.68. The molecule has 0 radical (unpaired) electrons. The van der Waals surface area contributed by atoms with E-state index in [-0.39, 0.29) is 11.9 Å². The molecular weight excluding hydrogens is 206 g/mol. The Morgan fingerprint density at radius 3 is 2.45 bits per heavy atom. The minimum absolute atomic E-state index is 0.226. The van der Waals surface area contributed by atoms with Gasteiger partial charge >= 0.3 is 0 Å². The van der Waals surface area contributed by atoms with E-state index in [1.165, 1.54) is 0 Å². The number of nitrogens with one attached hydrogen (secondary N) is 1.